The van der Waals surface area contributed by atoms with Gasteiger partial charge in [0, 0.05) is 11.5 Å². The summed E-state index contributed by atoms with van der Waals surface area (Å²) >= 11 is 0. The highest BCUT2D eigenvalue weighted by molar-refractivity contribution is 5.85. The molecule has 6 heteroatoms. The fourth-order valence-corrected chi connectivity index (χ4v) is 1.41. The standard InChI is InChI=1S/C10H6F3NO2/c11-10(12,13)5-1-2-7-6(3-5)8(15)4-9(16)14-7/h1-4H,(H2,14,15,16). The van der Waals surface area contributed by atoms with E-state index < -0.39 is 23.0 Å². The molecule has 1 heterocycles. The topological polar surface area (TPSA) is 53.1 Å². The molecule has 0 saturated carbocycles. The SMILES string of the molecule is O=c1cc(O)c2cc(C(F)(F)F)ccc2[nH]1. The van der Waals surface area contributed by atoms with Crippen molar-refractivity contribution in [1.82, 2.24) is 4.98 Å². The molecule has 0 spiro atoms. The van der Waals surface area contributed by atoms with Gasteiger partial charge in [-0.05, 0) is 18.2 Å². The minimum absolute atomic E-state index is 0.0329. The van der Waals surface area contributed by atoms with E-state index in [4.69, 9.17) is 0 Å². The van der Waals surface area contributed by atoms with Crippen molar-refractivity contribution in [2.24, 2.45) is 0 Å². The second-order valence-electron chi connectivity index (χ2n) is 3.28. The average molecular weight is 229 g/mol. The third-order valence-corrected chi connectivity index (χ3v) is 2.15. The highest BCUT2D eigenvalue weighted by Crippen LogP contribution is 2.32. The quantitative estimate of drug-likeness (QED) is 0.727. The number of hydrogen-bond acceptors (Lipinski definition) is 2. The van der Waals surface area contributed by atoms with Crippen LogP contribution < -0.4 is 5.56 Å². The summed E-state index contributed by atoms with van der Waals surface area (Å²) in [6.45, 7) is 0. The largest absolute Gasteiger partial charge is 0.507 e. The molecule has 0 amide bonds. The van der Waals surface area contributed by atoms with E-state index in [1.165, 1.54) is 0 Å². The number of H-pyrrole nitrogens is 1. The molecule has 0 bridgehead atoms. The minimum atomic E-state index is -4.48. The molecule has 0 aliphatic heterocycles. The number of fused-ring (bicyclic) bond motifs is 1. The summed E-state index contributed by atoms with van der Waals surface area (Å²) < 4.78 is 37.1. The molecule has 0 saturated heterocycles. The zero-order chi connectivity index (χ0) is 11.9. The molecular formula is C10H6F3NO2. The predicted molar refractivity (Wildman–Crippen MR) is 51.2 cm³/mol. The Morgan fingerprint density at radius 1 is 1.19 bits per heavy atom. The zero-order valence-corrected chi connectivity index (χ0v) is 7.80. The van der Waals surface area contributed by atoms with Crippen LogP contribution in [0.3, 0.4) is 0 Å². The summed E-state index contributed by atoms with van der Waals surface area (Å²) in [5.74, 6) is -0.468. The Kier molecular flexibility index (Phi) is 2.15. The van der Waals surface area contributed by atoms with Gasteiger partial charge in [0.25, 0.3) is 5.56 Å². The number of nitrogens with one attached hydrogen (secondary N) is 1. The molecule has 0 aliphatic rings. The number of aromatic nitrogens is 1. The molecule has 0 fully saturated rings. The van der Waals surface area contributed by atoms with E-state index in [0.717, 1.165) is 24.3 Å². The number of hydrogen-bond donors (Lipinski definition) is 2. The van der Waals surface area contributed by atoms with E-state index in [0.29, 0.717) is 0 Å². The lowest BCUT2D eigenvalue weighted by Gasteiger charge is -2.08. The van der Waals surface area contributed by atoms with Crippen molar-refractivity contribution in [2.75, 3.05) is 0 Å². The normalized spacial score (nSPS) is 11.9. The maximum absolute atomic E-state index is 12.4. The molecule has 0 atom stereocenters. The van der Waals surface area contributed by atoms with Gasteiger partial charge in [0.05, 0.1) is 11.1 Å². The molecule has 3 nitrogen and oxygen atoms in total. The van der Waals surface area contributed by atoms with Crippen LogP contribution in [0, 0.1) is 0 Å². The van der Waals surface area contributed by atoms with E-state index in [9.17, 15) is 23.1 Å². The number of alkyl halides is 3. The van der Waals surface area contributed by atoms with Crippen LogP contribution in [-0.4, -0.2) is 10.1 Å². The van der Waals surface area contributed by atoms with E-state index >= 15 is 0 Å². The van der Waals surface area contributed by atoms with Gasteiger partial charge >= 0.3 is 6.18 Å². The summed E-state index contributed by atoms with van der Waals surface area (Å²) in [4.78, 5) is 13.3. The summed E-state index contributed by atoms with van der Waals surface area (Å²) in [6, 6.07) is 3.58. The molecule has 0 unspecified atom stereocenters. The number of pyridine rings is 1. The molecule has 0 radical (unpaired) electrons. The van der Waals surface area contributed by atoms with Crippen LogP contribution in [0.2, 0.25) is 0 Å². The molecule has 84 valence electrons. The lowest BCUT2D eigenvalue weighted by atomic mass is 10.1. The third-order valence-electron chi connectivity index (χ3n) is 2.15. The second kappa shape index (κ2) is 3.26. The molecule has 16 heavy (non-hydrogen) atoms. The van der Waals surface area contributed by atoms with Gasteiger partial charge in [-0.15, -0.1) is 0 Å². The first-order valence-corrected chi connectivity index (χ1v) is 4.31. The van der Waals surface area contributed by atoms with Crippen LogP contribution in [-0.2, 0) is 6.18 Å². The zero-order valence-electron chi connectivity index (χ0n) is 7.80. The first-order chi connectivity index (χ1) is 7.38. The van der Waals surface area contributed by atoms with Crippen molar-refractivity contribution >= 4 is 10.9 Å². The van der Waals surface area contributed by atoms with Crippen molar-refractivity contribution < 1.29 is 18.3 Å². The number of rotatable bonds is 0. The van der Waals surface area contributed by atoms with Gasteiger partial charge in [0.15, 0.2) is 0 Å². The molecule has 2 aromatic rings. The minimum Gasteiger partial charge on any atom is -0.507 e. The second-order valence-corrected chi connectivity index (χ2v) is 3.28. The highest BCUT2D eigenvalue weighted by Gasteiger charge is 2.30. The van der Waals surface area contributed by atoms with Gasteiger partial charge in [0.2, 0.25) is 0 Å². The van der Waals surface area contributed by atoms with Gasteiger partial charge in [-0.3, -0.25) is 4.79 Å². The molecule has 0 aliphatic carbocycles. The lowest BCUT2D eigenvalue weighted by molar-refractivity contribution is -0.137. The van der Waals surface area contributed by atoms with E-state index in [1.807, 2.05) is 0 Å². The highest BCUT2D eigenvalue weighted by atomic mass is 19.4. The number of benzene rings is 1. The fraction of sp³-hybridized carbons (Fsp3) is 0.100. The number of halogens is 3. The van der Waals surface area contributed by atoms with Crippen LogP contribution in [0.25, 0.3) is 10.9 Å². The molecule has 2 rings (SSSR count). The van der Waals surface area contributed by atoms with Crippen molar-refractivity contribution in [3.8, 4) is 5.75 Å². The Morgan fingerprint density at radius 2 is 1.88 bits per heavy atom. The number of aromatic hydroxyl groups is 1. The smallest absolute Gasteiger partial charge is 0.416 e. The Balaban J connectivity index is 2.76. The third kappa shape index (κ3) is 1.73. The monoisotopic (exact) mass is 229 g/mol. The number of aromatic amines is 1. The Hall–Kier alpha value is -1.98. The van der Waals surface area contributed by atoms with Crippen LogP contribution in [0.5, 0.6) is 5.75 Å². The Morgan fingerprint density at radius 3 is 2.50 bits per heavy atom. The van der Waals surface area contributed by atoms with Crippen molar-refractivity contribution in [3.63, 3.8) is 0 Å². The molecular weight excluding hydrogens is 223 g/mol. The molecule has 1 aromatic carbocycles. The molecule has 1 aromatic heterocycles. The van der Waals surface area contributed by atoms with Crippen LogP contribution in [0.15, 0.2) is 29.1 Å². The summed E-state index contributed by atoms with van der Waals surface area (Å²) in [6.07, 6.45) is -4.48. The maximum atomic E-state index is 12.4. The van der Waals surface area contributed by atoms with Gasteiger partial charge in [-0.2, -0.15) is 13.2 Å². The van der Waals surface area contributed by atoms with E-state index in [2.05, 4.69) is 4.98 Å². The first-order valence-electron chi connectivity index (χ1n) is 4.31. The van der Waals surface area contributed by atoms with Crippen molar-refractivity contribution in [2.45, 2.75) is 6.18 Å². The average Bonchev–Trinajstić information content (AvgIpc) is 2.15. The van der Waals surface area contributed by atoms with Crippen molar-refractivity contribution in [1.29, 1.82) is 0 Å². The summed E-state index contributed by atoms with van der Waals surface area (Å²) in [5, 5.41) is 9.32. The Bertz CT molecular complexity index is 601. The van der Waals surface area contributed by atoms with Gasteiger partial charge in [0.1, 0.15) is 5.75 Å². The molecule has 2 N–H and O–H groups in total. The summed E-state index contributed by atoms with van der Waals surface area (Å²) in [5.41, 5.74) is -1.27. The van der Waals surface area contributed by atoms with Crippen LogP contribution in [0.1, 0.15) is 5.56 Å². The van der Waals surface area contributed by atoms with Crippen molar-refractivity contribution in [3.05, 3.63) is 40.2 Å². The lowest BCUT2D eigenvalue weighted by Crippen LogP contribution is -2.07. The maximum Gasteiger partial charge on any atom is 0.416 e. The van der Waals surface area contributed by atoms with E-state index in [1.54, 1.807) is 0 Å². The van der Waals surface area contributed by atoms with E-state index in [-0.39, 0.29) is 10.9 Å². The first kappa shape index (κ1) is 10.5. The predicted octanol–water partition coefficient (Wildman–Crippen LogP) is 2.25. The van der Waals surface area contributed by atoms with Crippen LogP contribution >= 0.6 is 0 Å². The van der Waals surface area contributed by atoms with Gasteiger partial charge in [-0.25, -0.2) is 0 Å². The summed E-state index contributed by atoms with van der Waals surface area (Å²) in [7, 11) is 0. The Labute approximate surface area is 87.2 Å². The fourth-order valence-electron chi connectivity index (χ4n) is 1.41. The van der Waals surface area contributed by atoms with Gasteiger partial charge in [-0.1, -0.05) is 0 Å². The van der Waals surface area contributed by atoms with Crippen LogP contribution in [0.4, 0.5) is 13.2 Å². The van der Waals surface area contributed by atoms with Gasteiger partial charge < -0.3 is 10.1 Å².